The Morgan fingerprint density at radius 3 is 3.07 bits per heavy atom. The first-order valence-electron chi connectivity index (χ1n) is 5.73. The molecule has 1 heterocycles. The van der Waals surface area contributed by atoms with Gasteiger partial charge in [0, 0.05) is 19.1 Å². The third-order valence-corrected chi connectivity index (χ3v) is 2.50. The van der Waals surface area contributed by atoms with Crippen LogP contribution in [0.3, 0.4) is 0 Å². The van der Waals surface area contributed by atoms with Crippen molar-refractivity contribution in [3.8, 4) is 0 Å². The summed E-state index contributed by atoms with van der Waals surface area (Å²) in [5, 5.41) is 3.35. The first-order valence-corrected chi connectivity index (χ1v) is 5.73. The van der Waals surface area contributed by atoms with Crippen molar-refractivity contribution in [2.24, 2.45) is 5.92 Å². The molecule has 1 rings (SSSR count). The van der Waals surface area contributed by atoms with Gasteiger partial charge in [-0.25, -0.2) is 0 Å². The molecule has 3 heteroatoms. The van der Waals surface area contributed by atoms with Gasteiger partial charge >= 0.3 is 0 Å². The molecule has 0 radical (unpaired) electrons. The highest BCUT2D eigenvalue weighted by molar-refractivity contribution is 4.64. The molecule has 2 atom stereocenters. The number of hydrogen-bond acceptors (Lipinski definition) is 3. The molecule has 1 fully saturated rings. The number of ether oxygens (including phenoxy) is 2. The van der Waals surface area contributed by atoms with Crippen molar-refractivity contribution in [1.82, 2.24) is 5.32 Å². The molecule has 0 amide bonds. The Morgan fingerprint density at radius 1 is 1.57 bits per heavy atom. The summed E-state index contributed by atoms with van der Waals surface area (Å²) in [6, 6.07) is 0. The molecule has 84 valence electrons. The molecule has 1 aliphatic rings. The molecular formula is C11H23NO2. The van der Waals surface area contributed by atoms with Gasteiger partial charge < -0.3 is 14.8 Å². The fourth-order valence-electron chi connectivity index (χ4n) is 1.56. The summed E-state index contributed by atoms with van der Waals surface area (Å²) in [5.74, 6) is 0.628. The highest BCUT2D eigenvalue weighted by Gasteiger charge is 2.16. The van der Waals surface area contributed by atoms with E-state index in [1.807, 2.05) is 0 Å². The van der Waals surface area contributed by atoms with Gasteiger partial charge in [0.1, 0.15) is 0 Å². The van der Waals surface area contributed by atoms with Gasteiger partial charge in [-0.1, -0.05) is 6.92 Å². The third kappa shape index (κ3) is 4.94. The minimum atomic E-state index is 0.321. The second-order valence-electron chi connectivity index (χ2n) is 4.08. The van der Waals surface area contributed by atoms with Crippen molar-refractivity contribution in [3.05, 3.63) is 0 Å². The minimum Gasteiger partial charge on any atom is -0.381 e. The van der Waals surface area contributed by atoms with Crippen LogP contribution in [-0.2, 0) is 9.47 Å². The maximum Gasteiger partial charge on any atom is 0.0671 e. The predicted molar refractivity (Wildman–Crippen MR) is 57.5 cm³/mol. The van der Waals surface area contributed by atoms with E-state index in [1.165, 1.54) is 6.42 Å². The second-order valence-corrected chi connectivity index (χ2v) is 4.08. The summed E-state index contributed by atoms with van der Waals surface area (Å²) in [5.41, 5.74) is 0. The van der Waals surface area contributed by atoms with Crippen LogP contribution < -0.4 is 5.32 Å². The smallest absolute Gasteiger partial charge is 0.0671 e. The maximum atomic E-state index is 5.73. The van der Waals surface area contributed by atoms with E-state index in [-0.39, 0.29) is 0 Å². The number of hydrogen-bond donors (Lipinski definition) is 1. The van der Waals surface area contributed by atoms with Crippen molar-refractivity contribution in [1.29, 1.82) is 0 Å². The summed E-state index contributed by atoms with van der Waals surface area (Å²) in [7, 11) is 0. The average molecular weight is 201 g/mol. The van der Waals surface area contributed by atoms with Gasteiger partial charge in [0.2, 0.25) is 0 Å². The zero-order valence-corrected chi connectivity index (χ0v) is 9.42. The Morgan fingerprint density at radius 2 is 2.43 bits per heavy atom. The van der Waals surface area contributed by atoms with E-state index >= 15 is 0 Å². The van der Waals surface area contributed by atoms with E-state index in [0.29, 0.717) is 12.0 Å². The highest BCUT2D eigenvalue weighted by Crippen LogP contribution is 2.12. The minimum absolute atomic E-state index is 0.321. The van der Waals surface area contributed by atoms with Crippen LogP contribution >= 0.6 is 0 Å². The van der Waals surface area contributed by atoms with Crippen LogP contribution in [0.4, 0.5) is 0 Å². The lowest BCUT2D eigenvalue weighted by atomic mass is 10.1. The van der Waals surface area contributed by atoms with Crippen LogP contribution in [-0.4, -0.2) is 39.0 Å². The van der Waals surface area contributed by atoms with Crippen molar-refractivity contribution in [2.45, 2.75) is 32.8 Å². The number of nitrogens with one attached hydrogen (secondary N) is 1. The molecule has 0 aromatic rings. The Labute approximate surface area is 87.2 Å². The van der Waals surface area contributed by atoms with Crippen molar-refractivity contribution < 1.29 is 9.47 Å². The molecule has 0 spiro atoms. The maximum absolute atomic E-state index is 5.73. The topological polar surface area (TPSA) is 30.5 Å². The molecule has 1 aliphatic heterocycles. The third-order valence-electron chi connectivity index (χ3n) is 2.50. The van der Waals surface area contributed by atoms with Crippen molar-refractivity contribution in [3.63, 3.8) is 0 Å². The lowest BCUT2D eigenvalue weighted by Gasteiger charge is -2.16. The Hall–Kier alpha value is -0.120. The summed E-state index contributed by atoms with van der Waals surface area (Å²) in [6.07, 6.45) is 2.67. The second kappa shape index (κ2) is 7.21. The molecular weight excluding hydrogens is 178 g/mol. The van der Waals surface area contributed by atoms with Crippen molar-refractivity contribution >= 4 is 0 Å². The van der Waals surface area contributed by atoms with Gasteiger partial charge in [0.25, 0.3) is 0 Å². The van der Waals surface area contributed by atoms with Crippen LogP contribution in [0.2, 0.25) is 0 Å². The van der Waals surface area contributed by atoms with Crippen molar-refractivity contribution in [2.75, 3.05) is 32.9 Å². The lowest BCUT2D eigenvalue weighted by Crippen LogP contribution is -2.29. The van der Waals surface area contributed by atoms with Gasteiger partial charge in [-0.05, 0) is 26.3 Å². The summed E-state index contributed by atoms with van der Waals surface area (Å²) in [6.45, 7) is 9.00. The largest absolute Gasteiger partial charge is 0.381 e. The zero-order chi connectivity index (χ0) is 10.2. The van der Waals surface area contributed by atoms with Crippen LogP contribution in [0.15, 0.2) is 0 Å². The SMILES string of the molecule is CCCNCC(C)OCC1CCOC1. The monoisotopic (exact) mass is 201 g/mol. The van der Waals surface area contributed by atoms with Crippen LogP contribution in [0.25, 0.3) is 0 Å². The Kier molecular flexibility index (Phi) is 6.15. The average Bonchev–Trinajstić information content (AvgIpc) is 2.68. The molecule has 1 saturated heterocycles. The van der Waals surface area contributed by atoms with E-state index in [4.69, 9.17) is 9.47 Å². The Balaban J connectivity index is 1.93. The molecule has 2 unspecified atom stereocenters. The number of rotatable bonds is 7. The summed E-state index contributed by atoms with van der Waals surface area (Å²) < 4.78 is 11.0. The van der Waals surface area contributed by atoms with Gasteiger partial charge in [-0.15, -0.1) is 0 Å². The van der Waals surface area contributed by atoms with E-state index in [2.05, 4.69) is 19.2 Å². The molecule has 0 aliphatic carbocycles. The normalized spacial score (nSPS) is 24.0. The zero-order valence-electron chi connectivity index (χ0n) is 9.42. The van der Waals surface area contributed by atoms with Gasteiger partial charge in [0.15, 0.2) is 0 Å². The standard InChI is InChI=1S/C11H23NO2/c1-3-5-12-7-10(2)14-9-11-4-6-13-8-11/h10-12H,3-9H2,1-2H3. The van der Waals surface area contributed by atoms with E-state index in [0.717, 1.165) is 39.3 Å². The van der Waals surface area contributed by atoms with Gasteiger partial charge in [0.05, 0.1) is 19.3 Å². The van der Waals surface area contributed by atoms with E-state index in [9.17, 15) is 0 Å². The molecule has 0 bridgehead atoms. The summed E-state index contributed by atoms with van der Waals surface area (Å²) >= 11 is 0. The highest BCUT2D eigenvalue weighted by atomic mass is 16.5. The quantitative estimate of drug-likeness (QED) is 0.632. The molecule has 1 N–H and O–H groups in total. The lowest BCUT2D eigenvalue weighted by molar-refractivity contribution is 0.0371. The molecule has 0 aromatic heterocycles. The van der Waals surface area contributed by atoms with E-state index < -0.39 is 0 Å². The molecule has 3 nitrogen and oxygen atoms in total. The first kappa shape index (κ1) is 12.0. The van der Waals surface area contributed by atoms with Crippen LogP contribution in [0.5, 0.6) is 0 Å². The molecule has 0 aromatic carbocycles. The first-order chi connectivity index (χ1) is 6.83. The Bertz CT molecular complexity index is 135. The molecule has 0 saturated carbocycles. The fraction of sp³-hybridized carbons (Fsp3) is 1.00. The van der Waals surface area contributed by atoms with Crippen LogP contribution in [0.1, 0.15) is 26.7 Å². The van der Waals surface area contributed by atoms with Gasteiger partial charge in [-0.3, -0.25) is 0 Å². The van der Waals surface area contributed by atoms with E-state index in [1.54, 1.807) is 0 Å². The fourth-order valence-corrected chi connectivity index (χ4v) is 1.56. The van der Waals surface area contributed by atoms with Crippen LogP contribution in [0, 0.1) is 5.92 Å². The summed E-state index contributed by atoms with van der Waals surface area (Å²) in [4.78, 5) is 0. The molecule has 14 heavy (non-hydrogen) atoms. The predicted octanol–water partition coefficient (Wildman–Crippen LogP) is 1.43. The van der Waals surface area contributed by atoms with Gasteiger partial charge in [-0.2, -0.15) is 0 Å².